The molecule has 0 N–H and O–H groups in total. The van der Waals surface area contributed by atoms with Crippen molar-refractivity contribution in [2.24, 2.45) is 0 Å². The number of nitriles is 1. The van der Waals surface area contributed by atoms with E-state index in [0.717, 1.165) is 11.1 Å². The molecule has 0 aliphatic heterocycles. The number of furan rings is 1. The smallest absolute Gasteiger partial charge is 0.336 e. The third-order valence-electron chi connectivity index (χ3n) is 3.61. The summed E-state index contributed by atoms with van der Waals surface area (Å²) >= 11 is 5.88. The topological polar surface area (TPSA) is 63.2 Å². The van der Waals surface area contributed by atoms with Gasteiger partial charge in [-0.1, -0.05) is 35.9 Å². The molecule has 0 radical (unpaired) electrons. The van der Waals surface area contributed by atoms with Gasteiger partial charge >= 0.3 is 5.97 Å². The molecule has 0 atom stereocenters. The minimum absolute atomic E-state index is 0.409. The van der Waals surface area contributed by atoms with Gasteiger partial charge in [-0.15, -0.1) is 0 Å². The van der Waals surface area contributed by atoms with Crippen LogP contribution in [-0.2, 0) is 4.79 Å². The van der Waals surface area contributed by atoms with E-state index in [9.17, 15) is 10.1 Å². The van der Waals surface area contributed by atoms with Crippen molar-refractivity contribution in [2.45, 2.75) is 0 Å². The highest BCUT2D eigenvalue weighted by atomic mass is 35.5. The Morgan fingerprint density at radius 3 is 2.44 bits per heavy atom. The van der Waals surface area contributed by atoms with Gasteiger partial charge in [0, 0.05) is 11.1 Å². The van der Waals surface area contributed by atoms with Crippen LogP contribution in [0, 0.1) is 11.3 Å². The Kier molecular flexibility index (Phi) is 5.88. The highest BCUT2D eigenvalue weighted by molar-refractivity contribution is 6.30. The average Bonchev–Trinajstić information content (AvgIpc) is 3.20. The van der Waals surface area contributed by atoms with Crippen molar-refractivity contribution in [1.29, 1.82) is 5.26 Å². The standard InChI is InChI=1S/C22H14ClNO3/c23-19-7-5-17(6-8-19)18(15-24)14-16-3-9-21(10-4-16)27-22(25)12-11-20-2-1-13-26-20/h1-14H/b12-11+,18-14+. The largest absolute Gasteiger partial charge is 0.465 e. The molecule has 0 spiro atoms. The Labute approximate surface area is 161 Å². The van der Waals surface area contributed by atoms with Crippen LogP contribution in [0.1, 0.15) is 16.9 Å². The SMILES string of the molecule is N#C/C(=C\c1ccc(OC(=O)/C=C/c2ccco2)cc1)c1ccc(Cl)cc1. The van der Waals surface area contributed by atoms with Gasteiger partial charge in [0.05, 0.1) is 17.9 Å². The first-order valence-electron chi connectivity index (χ1n) is 8.05. The summed E-state index contributed by atoms with van der Waals surface area (Å²) in [5.41, 5.74) is 2.10. The van der Waals surface area contributed by atoms with Crippen LogP contribution in [0.3, 0.4) is 0 Å². The highest BCUT2D eigenvalue weighted by Crippen LogP contribution is 2.21. The van der Waals surface area contributed by atoms with Gasteiger partial charge in [-0.2, -0.15) is 5.26 Å². The number of nitrogens with zero attached hydrogens (tertiary/aromatic N) is 1. The molecule has 1 heterocycles. The number of hydrogen-bond donors (Lipinski definition) is 0. The first kappa shape index (κ1) is 18.2. The van der Waals surface area contributed by atoms with E-state index in [1.54, 1.807) is 66.7 Å². The molecule has 0 aliphatic carbocycles. The van der Waals surface area contributed by atoms with E-state index in [4.69, 9.17) is 20.8 Å². The fourth-order valence-electron chi connectivity index (χ4n) is 2.29. The maximum absolute atomic E-state index is 11.8. The first-order valence-corrected chi connectivity index (χ1v) is 8.43. The maximum Gasteiger partial charge on any atom is 0.336 e. The second-order valence-electron chi connectivity index (χ2n) is 5.52. The van der Waals surface area contributed by atoms with Gasteiger partial charge in [0.15, 0.2) is 0 Å². The lowest BCUT2D eigenvalue weighted by molar-refractivity contribution is -0.128. The molecule has 3 aromatic rings. The van der Waals surface area contributed by atoms with Gasteiger partial charge in [0.2, 0.25) is 0 Å². The third kappa shape index (κ3) is 5.21. The predicted molar refractivity (Wildman–Crippen MR) is 105 cm³/mol. The van der Waals surface area contributed by atoms with E-state index in [1.165, 1.54) is 18.4 Å². The average molecular weight is 376 g/mol. The summed E-state index contributed by atoms with van der Waals surface area (Å²) in [7, 11) is 0. The van der Waals surface area contributed by atoms with Crippen LogP contribution in [0.25, 0.3) is 17.7 Å². The van der Waals surface area contributed by atoms with Crippen LogP contribution in [0.15, 0.2) is 77.4 Å². The zero-order chi connectivity index (χ0) is 19.1. The molecule has 2 aromatic carbocycles. The molecule has 132 valence electrons. The number of esters is 1. The number of carbonyl (C=O) groups is 1. The number of allylic oxidation sites excluding steroid dienone is 1. The molecular weight excluding hydrogens is 362 g/mol. The number of ether oxygens (including phenoxy) is 1. The Balaban J connectivity index is 1.68. The first-order chi connectivity index (χ1) is 13.1. The van der Waals surface area contributed by atoms with Crippen LogP contribution in [0.4, 0.5) is 0 Å². The molecule has 0 saturated carbocycles. The van der Waals surface area contributed by atoms with Crippen molar-refractivity contribution < 1.29 is 13.9 Å². The van der Waals surface area contributed by atoms with Gasteiger partial charge in [-0.3, -0.25) is 0 Å². The van der Waals surface area contributed by atoms with Crippen LogP contribution < -0.4 is 4.74 Å². The van der Waals surface area contributed by atoms with Gasteiger partial charge < -0.3 is 9.15 Å². The highest BCUT2D eigenvalue weighted by Gasteiger charge is 2.03. The zero-order valence-corrected chi connectivity index (χ0v) is 14.9. The fourth-order valence-corrected chi connectivity index (χ4v) is 2.42. The number of benzene rings is 2. The van der Waals surface area contributed by atoms with E-state index in [0.29, 0.717) is 22.1 Å². The van der Waals surface area contributed by atoms with Gasteiger partial charge in [-0.25, -0.2) is 4.79 Å². The van der Waals surface area contributed by atoms with Crippen LogP contribution in [-0.4, -0.2) is 5.97 Å². The van der Waals surface area contributed by atoms with Crippen LogP contribution in [0.5, 0.6) is 5.75 Å². The van der Waals surface area contributed by atoms with Crippen molar-refractivity contribution >= 4 is 35.3 Å². The van der Waals surface area contributed by atoms with Gasteiger partial charge in [0.1, 0.15) is 11.5 Å². The summed E-state index contributed by atoms with van der Waals surface area (Å²) in [4.78, 5) is 11.8. The maximum atomic E-state index is 11.8. The molecule has 0 saturated heterocycles. The van der Waals surface area contributed by atoms with E-state index >= 15 is 0 Å². The van der Waals surface area contributed by atoms with Crippen LogP contribution in [0.2, 0.25) is 5.02 Å². The summed E-state index contributed by atoms with van der Waals surface area (Å²) < 4.78 is 10.3. The third-order valence-corrected chi connectivity index (χ3v) is 3.86. The number of rotatable bonds is 5. The molecule has 5 heteroatoms. The molecular formula is C22H14ClNO3. The summed E-state index contributed by atoms with van der Waals surface area (Å²) in [5, 5.41) is 10.00. The van der Waals surface area contributed by atoms with Crippen molar-refractivity contribution in [2.75, 3.05) is 0 Å². The minimum atomic E-state index is -0.506. The number of halogens is 1. The summed E-state index contributed by atoms with van der Waals surface area (Å²) in [5.74, 6) is 0.471. The van der Waals surface area contributed by atoms with E-state index in [1.807, 2.05) is 0 Å². The Hall–Kier alpha value is -3.55. The molecule has 0 bridgehead atoms. The Morgan fingerprint density at radius 2 is 1.81 bits per heavy atom. The molecule has 0 unspecified atom stereocenters. The van der Waals surface area contributed by atoms with Crippen LogP contribution >= 0.6 is 11.6 Å². The van der Waals surface area contributed by atoms with E-state index in [2.05, 4.69) is 6.07 Å². The Morgan fingerprint density at radius 1 is 1.07 bits per heavy atom. The normalized spacial score (nSPS) is 11.3. The lowest BCUT2D eigenvalue weighted by atomic mass is 10.0. The van der Waals surface area contributed by atoms with Gasteiger partial charge in [-0.05, 0) is 59.7 Å². The predicted octanol–water partition coefficient (Wildman–Crippen LogP) is 5.62. The van der Waals surface area contributed by atoms with Crippen molar-refractivity contribution in [1.82, 2.24) is 0 Å². The zero-order valence-electron chi connectivity index (χ0n) is 14.1. The summed E-state index contributed by atoms with van der Waals surface area (Å²) in [6.45, 7) is 0. The van der Waals surface area contributed by atoms with Gasteiger partial charge in [0.25, 0.3) is 0 Å². The van der Waals surface area contributed by atoms with Crippen molar-refractivity contribution in [3.05, 3.63) is 94.9 Å². The number of hydrogen-bond acceptors (Lipinski definition) is 4. The second-order valence-corrected chi connectivity index (χ2v) is 5.95. The minimum Gasteiger partial charge on any atom is -0.465 e. The molecule has 1 aromatic heterocycles. The second kappa shape index (κ2) is 8.70. The van der Waals surface area contributed by atoms with Crippen molar-refractivity contribution in [3.8, 4) is 11.8 Å². The molecule has 0 fully saturated rings. The summed E-state index contributed by atoms with van der Waals surface area (Å²) in [6.07, 6.45) is 6.11. The molecule has 0 amide bonds. The number of carbonyl (C=O) groups excluding carboxylic acids is 1. The fraction of sp³-hybridized carbons (Fsp3) is 0. The Bertz CT molecular complexity index is 1010. The quantitative estimate of drug-likeness (QED) is 0.191. The molecule has 0 aliphatic rings. The van der Waals surface area contributed by atoms with E-state index in [-0.39, 0.29) is 0 Å². The monoisotopic (exact) mass is 375 g/mol. The molecule has 27 heavy (non-hydrogen) atoms. The lowest BCUT2D eigenvalue weighted by Gasteiger charge is -2.03. The summed E-state index contributed by atoms with van der Waals surface area (Å²) in [6, 6.07) is 19.6. The molecule has 4 nitrogen and oxygen atoms in total. The molecule has 3 rings (SSSR count). The van der Waals surface area contributed by atoms with Crippen molar-refractivity contribution in [3.63, 3.8) is 0 Å². The van der Waals surface area contributed by atoms with E-state index < -0.39 is 5.97 Å². The lowest BCUT2D eigenvalue weighted by Crippen LogP contribution is -2.03.